The van der Waals surface area contributed by atoms with Gasteiger partial charge < -0.3 is 20.5 Å². The van der Waals surface area contributed by atoms with E-state index in [2.05, 4.69) is 17.6 Å². The van der Waals surface area contributed by atoms with Crippen LogP contribution in [0, 0.1) is 6.92 Å². The van der Waals surface area contributed by atoms with Crippen LogP contribution in [0.3, 0.4) is 0 Å². The summed E-state index contributed by atoms with van der Waals surface area (Å²) in [5.41, 5.74) is 1.05. The van der Waals surface area contributed by atoms with E-state index >= 15 is 0 Å². The zero-order valence-corrected chi connectivity index (χ0v) is 29.7. The average Bonchev–Trinajstić information content (AvgIpc) is 3.04. The average molecular weight is 706 g/mol. The first-order chi connectivity index (χ1) is 22.5. The summed E-state index contributed by atoms with van der Waals surface area (Å²) in [7, 11) is -4.06. The molecule has 0 saturated carbocycles. The second-order valence-electron chi connectivity index (χ2n) is 11.7. The van der Waals surface area contributed by atoms with Crippen molar-refractivity contribution in [3.63, 3.8) is 0 Å². The number of anilines is 2. The summed E-state index contributed by atoms with van der Waals surface area (Å²) in [4.78, 5) is 25.9. The Hall–Kier alpha value is -3.27. The summed E-state index contributed by atoms with van der Waals surface area (Å²) in [5.74, 6) is -1.10. The van der Waals surface area contributed by atoms with Crippen molar-refractivity contribution in [2.24, 2.45) is 0 Å². The number of hydrogen-bond acceptors (Lipinski definition) is 6. The lowest BCUT2D eigenvalue weighted by molar-refractivity contribution is -0.115. The third-order valence-corrected chi connectivity index (χ3v) is 10.9. The third kappa shape index (κ3) is 11.4. The normalized spacial score (nSPS) is 12.0. The van der Waals surface area contributed by atoms with Gasteiger partial charge in [-0.2, -0.15) is 0 Å². The Morgan fingerprint density at radius 2 is 1.40 bits per heavy atom. The van der Waals surface area contributed by atoms with Crippen LogP contribution in [0.5, 0.6) is 11.5 Å². The Bertz CT molecular complexity index is 1600. The summed E-state index contributed by atoms with van der Waals surface area (Å²) in [6.07, 6.45) is 12.3. The highest BCUT2D eigenvalue weighted by atomic mass is 35.5. The van der Waals surface area contributed by atoms with Gasteiger partial charge >= 0.3 is 0 Å². The molecule has 47 heavy (non-hydrogen) atoms. The van der Waals surface area contributed by atoms with Gasteiger partial charge in [-0.05, 0) is 73.9 Å². The van der Waals surface area contributed by atoms with E-state index in [1.165, 1.54) is 69.6 Å². The fraction of sp³-hybridized carbons (Fsp3) is 0.444. The molecule has 0 aliphatic carbocycles. The number of phenolic OH excluding ortho intramolecular Hbond substituents is 1. The summed E-state index contributed by atoms with van der Waals surface area (Å²) in [6.45, 7) is 6.15. The summed E-state index contributed by atoms with van der Waals surface area (Å²) < 4.78 is 32.7. The minimum atomic E-state index is -4.06. The molecule has 0 radical (unpaired) electrons. The second kappa shape index (κ2) is 18.9. The van der Waals surface area contributed by atoms with Crippen LogP contribution >= 0.6 is 23.2 Å². The van der Waals surface area contributed by atoms with Gasteiger partial charge in [-0.15, -0.1) is 0 Å². The topological polar surface area (TPSA) is 122 Å². The fourth-order valence-electron chi connectivity index (χ4n) is 5.17. The van der Waals surface area contributed by atoms with Crippen molar-refractivity contribution in [3.05, 3.63) is 75.8 Å². The zero-order chi connectivity index (χ0) is 34.4. The Balaban J connectivity index is 1.54. The van der Waals surface area contributed by atoms with Crippen molar-refractivity contribution in [1.82, 2.24) is 0 Å². The maximum Gasteiger partial charge on any atom is 0.255 e. The molecule has 0 spiro atoms. The highest BCUT2D eigenvalue weighted by Gasteiger charge is 2.33. The molecule has 8 nitrogen and oxygen atoms in total. The molecule has 0 aromatic heterocycles. The molecule has 256 valence electrons. The number of carbonyl (C=O) groups excluding carboxylic acids is 2. The quantitative estimate of drug-likeness (QED) is 0.0844. The molecule has 3 rings (SSSR count). The number of unbranched alkanes of at least 4 members (excludes halogenated alkanes) is 9. The summed E-state index contributed by atoms with van der Waals surface area (Å²) in [5, 5.41) is 14.8. The third-order valence-electron chi connectivity index (χ3n) is 7.97. The van der Waals surface area contributed by atoms with Crippen LogP contribution in [0.25, 0.3) is 0 Å². The van der Waals surface area contributed by atoms with Crippen molar-refractivity contribution in [1.29, 1.82) is 0 Å². The Kier molecular flexibility index (Phi) is 15.4. The van der Waals surface area contributed by atoms with Gasteiger partial charge in [0.05, 0.1) is 27.9 Å². The first-order valence-electron chi connectivity index (χ1n) is 16.4. The lowest BCUT2D eigenvalue weighted by Gasteiger charge is -2.18. The number of halogens is 2. The number of amides is 2. The van der Waals surface area contributed by atoms with E-state index in [0.717, 1.165) is 18.9 Å². The van der Waals surface area contributed by atoms with Gasteiger partial charge in [0.2, 0.25) is 5.91 Å². The van der Waals surface area contributed by atoms with Crippen molar-refractivity contribution in [2.75, 3.05) is 17.2 Å². The molecule has 0 saturated heterocycles. The number of phenols is 1. The van der Waals surface area contributed by atoms with Crippen LogP contribution in [-0.2, 0) is 14.6 Å². The predicted molar refractivity (Wildman–Crippen MR) is 191 cm³/mol. The highest BCUT2D eigenvalue weighted by molar-refractivity contribution is 7.92. The molecule has 1 unspecified atom stereocenters. The number of aryl methyl sites for hydroxylation is 1. The lowest BCUT2D eigenvalue weighted by Crippen LogP contribution is -2.34. The van der Waals surface area contributed by atoms with E-state index in [1.54, 1.807) is 44.2 Å². The summed E-state index contributed by atoms with van der Waals surface area (Å²) >= 11 is 12.4. The van der Waals surface area contributed by atoms with E-state index in [9.17, 15) is 23.1 Å². The molecular weight excluding hydrogens is 659 g/mol. The van der Waals surface area contributed by atoms with Crippen LogP contribution in [-0.4, -0.2) is 37.2 Å². The maximum absolute atomic E-state index is 13.4. The first-order valence-corrected chi connectivity index (χ1v) is 18.7. The van der Waals surface area contributed by atoms with Gasteiger partial charge in [-0.25, -0.2) is 8.42 Å². The molecule has 0 aliphatic heterocycles. The molecule has 3 aromatic carbocycles. The molecule has 0 bridgehead atoms. The number of carbonyl (C=O) groups is 2. The van der Waals surface area contributed by atoms with Crippen LogP contribution in [0.1, 0.15) is 100 Å². The van der Waals surface area contributed by atoms with E-state index < -0.39 is 26.9 Å². The molecule has 3 N–H and O–H groups in total. The smallest absolute Gasteiger partial charge is 0.255 e. The van der Waals surface area contributed by atoms with E-state index in [-0.39, 0.29) is 33.5 Å². The van der Waals surface area contributed by atoms with Crippen LogP contribution in [0.15, 0.2) is 59.5 Å². The molecule has 0 aliphatic rings. The Labute approximate surface area is 289 Å². The SMILES string of the molecule is CCCCCCCCCCCCOc1ccc(S(=O)(=O)C(CC)C(=O)Nc2cc(O)c(NC(=O)c3ccc(Cl)c(C)c3)cc2Cl)cc1. The number of rotatable bonds is 19. The minimum absolute atomic E-state index is 0.00104. The molecular formula is C36H46Cl2N2O6S. The molecule has 11 heteroatoms. The molecule has 0 heterocycles. The van der Waals surface area contributed by atoms with Gasteiger partial charge in [0, 0.05) is 16.7 Å². The van der Waals surface area contributed by atoms with Crippen molar-refractivity contribution in [3.8, 4) is 11.5 Å². The maximum atomic E-state index is 13.4. The number of aromatic hydroxyl groups is 1. The van der Waals surface area contributed by atoms with Gasteiger partial charge in [0.1, 0.15) is 16.7 Å². The zero-order valence-electron chi connectivity index (χ0n) is 27.4. The van der Waals surface area contributed by atoms with Gasteiger partial charge in [-0.3, -0.25) is 9.59 Å². The molecule has 1 atom stereocenters. The van der Waals surface area contributed by atoms with Crippen LogP contribution < -0.4 is 15.4 Å². The molecule has 2 amide bonds. The number of hydrogen-bond donors (Lipinski definition) is 3. The first kappa shape index (κ1) is 38.2. The number of sulfone groups is 1. The van der Waals surface area contributed by atoms with E-state index in [1.807, 2.05) is 0 Å². The van der Waals surface area contributed by atoms with Gasteiger partial charge in [-0.1, -0.05) is 94.8 Å². The molecule has 0 fully saturated rings. The fourth-order valence-corrected chi connectivity index (χ4v) is 7.12. The molecule has 3 aromatic rings. The van der Waals surface area contributed by atoms with Crippen LogP contribution in [0.4, 0.5) is 11.4 Å². The summed E-state index contributed by atoms with van der Waals surface area (Å²) in [6, 6.07) is 13.3. The predicted octanol–water partition coefficient (Wildman–Crippen LogP) is 9.75. The van der Waals surface area contributed by atoms with Crippen molar-refractivity contribution >= 4 is 56.2 Å². The minimum Gasteiger partial charge on any atom is -0.506 e. The van der Waals surface area contributed by atoms with E-state index in [4.69, 9.17) is 27.9 Å². The number of benzene rings is 3. The Morgan fingerprint density at radius 3 is 2.00 bits per heavy atom. The Morgan fingerprint density at radius 1 is 0.787 bits per heavy atom. The van der Waals surface area contributed by atoms with E-state index in [0.29, 0.717) is 28.5 Å². The number of ether oxygens (including phenoxy) is 1. The van der Waals surface area contributed by atoms with Crippen molar-refractivity contribution < 1.29 is 27.9 Å². The van der Waals surface area contributed by atoms with Gasteiger partial charge in [0.15, 0.2) is 9.84 Å². The largest absolute Gasteiger partial charge is 0.506 e. The standard InChI is InChI=1S/C36H46Cl2N2O6S/c1-4-6-7-8-9-10-11-12-13-14-21-46-27-16-18-28(19-17-27)47(44,45)34(5-2)36(43)39-31-24-33(41)32(23-30(31)38)40-35(42)26-15-20-29(37)25(3)22-26/h15-20,22-24,34,41H,4-14,21H2,1-3H3,(H,39,43)(H,40,42). The number of nitrogens with one attached hydrogen (secondary N) is 2. The second-order valence-corrected chi connectivity index (χ2v) is 14.6. The monoisotopic (exact) mass is 704 g/mol. The lowest BCUT2D eigenvalue weighted by atomic mass is 10.1. The van der Waals surface area contributed by atoms with Gasteiger partial charge in [0.25, 0.3) is 5.91 Å². The highest BCUT2D eigenvalue weighted by Crippen LogP contribution is 2.35. The van der Waals surface area contributed by atoms with Crippen molar-refractivity contribution in [2.45, 2.75) is 102 Å². The van der Waals surface area contributed by atoms with Crippen LogP contribution in [0.2, 0.25) is 10.0 Å².